The summed E-state index contributed by atoms with van der Waals surface area (Å²) in [6.45, 7) is 1.24. The summed E-state index contributed by atoms with van der Waals surface area (Å²) >= 11 is -0.480. The second-order valence-electron chi connectivity index (χ2n) is 2.71. The molecule has 0 aliphatic carbocycles. The molecule has 0 bridgehead atoms. The molecule has 0 spiro atoms. The SMILES string of the molecule is CC(=O)Nc1cc(SF)c(SF)cc1SF. The summed E-state index contributed by atoms with van der Waals surface area (Å²) < 4.78 is 37.4. The Balaban J connectivity index is 3.20. The maximum atomic E-state index is 12.5. The Morgan fingerprint density at radius 1 is 1.06 bits per heavy atom. The lowest BCUT2D eigenvalue weighted by Gasteiger charge is -2.09. The lowest BCUT2D eigenvalue weighted by molar-refractivity contribution is -0.114. The van der Waals surface area contributed by atoms with Gasteiger partial charge in [0.2, 0.25) is 5.91 Å². The van der Waals surface area contributed by atoms with Gasteiger partial charge in [-0.1, -0.05) is 0 Å². The molecule has 0 unspecified atom stereocenters. The Morgan fingerprint density at radius 2 is 1.56 bits per heavy atom. The van der Waals surface area contributed by atoms with Crippen molar-refractivity contribution in [3.8, 4) is 0 Å². The zero-order valence-corrected chi connectivity index (χ0v) is 10.4. The van der Waals surface area contributed by atoms with Gasteiger partial charge in [0.05, 0.1) is 56.8 Å². The summed E-state index contributed by atoms with van der Waals surface area (Å²) in [6.07, 6.45) is 0. The molecule has 0 atom stereocenters. The second-order valence-corrected chi connectivity index (χ2v) is 4.49. The topological polar surface area (TPSA) is 29.1 Å². The van der Waals surface area contributed by atoms with E-state index >= 15 is 0 Å². The highest BCUT2D eigenvalue weighted by atomic mass is 32.2. The van der Waals surface area contributed by atoms with Crippen LogP contribution in [0.5, 0.6) is 0 Å². The number of benzene rings is 1. The van der Waals surface area contributed by atoms with Crippen LogP contribution in [0, 0.1) is 0 Å². The van der Waals surface area contributed by atoms with Crippen LogP contribution in [0.2, 0.25) is 0 Å². The van der Waals surface area contributed by atoms with Crippen LogP contribution in [0.1, 0.15) is 6.92 Å². The zero-order chi connectivity index (χ0) is 12.1. The van der Waals surface area contributed by atoms with Gasteiger partial charge in [0, 0.05) is 6.92 Å². The molecule has 8 heteroatoms. The summed E-state index contributed by atoms with van der Waals surface area (Å²) in [5.41, 5.74) is 0.123. The number of rotatable bonds is 4. The largest absolute Gasteiger partial charge is 0.325 e. The third kappa shape index (κ3) is 3.26. The molecule has 0 aliphatic rings. The average molecular weight is 285 g/mol. The van der Waals surface area contributed by atoms with Gasteiger partial charge in [-0.05, 0) is 12.1 Å². The minimum Gasteiger partial charge on any atom is -0.325 e. The van der Waals surface area contributed by atoms with Gasteiger partial charge in [-0.25, -0.2) is 0 Å². The van der Waals surface area contributed by atoms with Gasteiger partial charge in [0.15, 0.2) is 0 Å². The van der Waals surface area contributed by atoms with Crippen LogP contribution in [-0.2, 0) is 4.79 Å². The van der Waals surface area contributed by atoms with Gasteiger partial charge >= 0.3 is 0 Å². The molecule has 1 aromatic rings. The smallest absolute Gasteiger partial charge is 0.221 e. The van der Waals surface area contributed by atoms with E-state index in [9.17, 15) is 16.5 Å². The van der Waals surface area contributed by atoms with E-state index in [4.69, 9.17) is 0 Å². The molecular weight excluding hydrogens is 279 g/mol. The van der Waals surface area contributed by atoms with E-state index in [1.54, 1.807) is 0 Å². The van der Waals surface area contributed by atoms with Crippen LogP contribution in [0.25, 0.3) is 0 Å². The van der Waals surface area contributed by atoms with E-state index in [-0.39, 0.29) is 56.8 Å². The lowest BCUT2D eigenvalue weighted by Crippen LogP contribution is -2.06. The Kier molecular flexibility index (Phi) is 5.36. The highest BCUT2D eigenvalue weighted by Crippen LogP contribution is 2.40. The van der Waals surface area contributed by atoms with E-state index in [0.29, 0.717) is 0 Å². The van der Waals surface area contributed by atoms with Crippen LogP contribution >= 0.6 is 36.4 Å². The van der Waals surface area contributed by atoms with Crippen LogP contribution in [-0.4, -0.2) is 5.91 Å². The number of carbonyl (C=O) groups excluding carboxylic acids is 1. The monoisotopic (exact) mass is 285 g/mol. The molecule has 0 aromatic heterocycles. The Morgan fingerprint density at radius 3 is 2.00 bits per heavy atom. The first-order valence-electron chi connectivity index (χ1n) is 3.93. The predicted octanol–water partition coefficient (Wildman–Crippen LogP) is 4.57. The molecule has 0 saturated heterocycles. The average Bonchev–Trinajstić information content (AvgIpc) is 2.27. The highest BCUT2D eigenvalue weighted by Gasteiger charge is 2.13. The maximum Gasteiger partial charge on any atom is 0.221 e. The number of nitrogens with one attached hydrogen (secondary N) is 1. The molecule has 16 heavy (non-hydrogen) atoms. The standard InChI is InChI=1S/C8H6F3NOS3/c1-4(13)12-5-2-7(15-10)8(16-11)3-6(5)14-9/h2-3H,1H3,(H,12,13). The number of amides is 1. The van der Waals surface area contributed by atoms with Crippen molar-refractivity contribution in [3.63, 3.8) is 0 Å². The molecule has 88 valence electrons. The van der Waals surface area contributed by atoms with Crippen molar-refractivity contribution in [3.05, 3.63) is 12.1 Å². The summed E-state index contributed by atoms with van der Waals surface area (Å²) in [6, 6.07) is 2.33. The molecule has 2 nitrogen and oxygen atoms in total. The van der Waals surface area contributed by atoms with Crippen molar-refractivity contribution in [1.82, 2.24) is 0 Å². The molecule has 0 fully saturated rings. The predicted molar refractivity (Wildman–Crippen MR) is 61.6 cm³/mol. The lowest BCUT2D eigenvalue weighted by atomic mass is 10.3. The molecule has 1 amide bonds. The number of hydrogen-bond acceptors (Lipinski definition) is 4. The molecule has 0 heterocycles. The van der Waals surface area contributed by atoms with Crippen molar-refractivity contribution in [2.24, 2.45) is 0 Å². The quantitative estimate of drug-likeness (QED) is 0.877. The number of halogens is 3. The summed E-state index contributed by atoms with van der Waals surface area (Å²) in [7, 11) is 0. The van der Waals surface area contributed by atoms with Gasteiger partial charge in [-0.15, -0.1) is 0 Å². The molecule has 0 aliphatic heterocycles. The van der Waals surface area contributed by atoms with Crippen molar-refractivity contribution < 1.29 is 16.5 Å². The number of carbonyl (C=O) groups is 1. The fourth-order valence-electron chi connectivity index (χ4n) is 1.01. The van der Waals surface area contributed by atoms with Crippen molar-refractivity contribution in [2.45, 2.75) is 21.6 Å². The Labute approximate surface area is 104 Å². The summed E-state index contributed by atoms with van der Waals surface area (Å²) in [5.74, 6) is -0.411. The molecule has 1 aromatic carbocycles. The molecule has 1 rings (SSSR count). The van der Waals surface area contributed by atoms with Gasteiger partial charge < -0.3 is 5.32 Å². The zero-order valence-electron chi connectivity index (χ0n) is 7.92. The van der Waals surface area contributed by atoms with Gasteiger partial charge in [0.1, 0.15) is 0 Å². The molecule has 0 radical (unpaired) electrons. The maximum absolute atomic E-state index is 12.5. The molecule has 1 N–H and O–H groups in total. The van der Waals surface area contributed by atoms with Crippen LogP contribution in [0.4, 0.5) is 17.3 Å². The number of anilines is 1. The van der Waals surface area contributed by atoms with E-state index in [1.807, 2.05) is 0 Å². The van der Waals surface area contributed by atoms with Gasteiger partial charge in [0.25, 0.3) is 0 Å². The van der Waals surface area contributed by atoms with E-state index in [2.05, 4.69) is 5.32 Å². The van der Waals surface area contributed by atoms with Crippen LogP contribution in [0.15, 0.2) is 26.8 Å². The third-order valence-corrected chi connectivity index (χ3v) is 3.25. The molecule has 0 saturated carbocycles. The first kappa shape index (κ1) is 13.6. The second kappa shape index (κ2) is 6.31. The fraction of sp³-hybridized carbons (Fsp3) is 0.125. The highest BCUT2D eigenvalue weighted by molar-refractivity contribution is 7.97. The minimum atomic E-state index is -0.411. The van der Waals surface area contributed by atoms with E-state index in [1.165, 1.54) is 13.0 Å². The third-order valence-electron chi connectivity index (χ3n) is 1.61. The summed E-state index contributed by atoms with van der Waals surface area (Å²) in [4.78, 5) is 10.8. The van der Waals surface area contributed by atoms with Crippen molar-refractivity contribution in [2.75, 3.05) is 5.32 Å². The van der Waals surface area contributed by atoms with Crippen molar-refractivity contribution >= 4 is 48.0 Å². The van der Waals surface area contributed by atoms with Crippen molar-refractivity contribution in [1.29, 1.82) is 0 Å². The van der Waals surface area contributed by atoms with Crippen LogP contribution < -0.4 is 5.32 Å². The Hall–Kier alpha value is -0.470. The summed E-state index contributed by atoms with van der Waals surface area (Å²) in [5, 5.41) is 2.34. The van der Waals surface area contributed by atoms with E-state index in [0.717, 1.165) is 6.07 Å². The van der Waals surface area contributed by atoms with Gasteiger partial charge in [-0.2, -0.15) is 11.7 Å². The normalized spacial score (nSPS) is 10.2. The van der Waals surface area contributed by atoms with Gasteiger partial charge in [-0.3, -0.25) is 4.79 Å². The minimum absolute atomic E-state index is 0.00551. The number of hydrogen-bond donors (Lipinski definition) is 1. The van der Waals surface area contributed by atoms with Crippen LogP contribution in [0.3, 0.4) is 0 Å². The fourth-order valence-corrected chi connectivity index (χ4v) is 2.23. The first-order chi connectivity index (χ1) is 7.62. The molecular formula is C8H6F3NOS3. The Bertz CT molecular complexity index is 402. The van der Waals surface area contributed by atoms with E-state index < -0.39 is 5.91 Å². The first-order valence-corrected chi connectivity index (χ1v) is 6.08.